The molecule has 4 nitrogen and oxygen atoms in total. The summed E-state index contributed by atoms with van der Waals surface area (Å²) in [5.41, 5.74) is 6.06. The van der Waals surface area contributed by atoms with Crippen molar-refractivity contribution >= 4 is 5.91 Å². The van der Waals surface area contributed by atoms with Crippen LogP contribution in [0.2, 0.25) is 0 Å². The van der Waals surface area contributed by atoms with E-state index < -0.39 is 0 Å². The maximum Gasteiger partial charge on any atom is 0.240 e. The SMILES string of the molecule is CC(C)[C@H](N)C(=O)N(C1CC1)C1CCN(C)CC1. The molecule has 0 radical (unpaired) electrons. The number of rotatable bonds is 4. The molecule has 0 bridgehead atoms. The summed E-state index contributed by atoms with van der Waals surface area (Å²) in [6.45, 7) is 6.25. The molecule has 1 aliphatic heterocycles. The van der Waals surface area contributed by atoms with Crippen LogP contribution in [0.3, 0.4) is 0 Å². The van der Waals surface area contributed by atoms with Crippen molar-refractivity contribution in [3.63, 3.8) is 0 Å². The maximum atomic E-state index is 12.5. The number of hydrogen-bond acceptors (Lipinski definition) is 3. The largest absolute Gasteiger partial charge is 0.335 e. The molecule has 1 amide bonds. The fourth-order valence-electron chi connectivity index (χ4n) is 2.74. The molecule has 2 aliphatic rings. The van der Waals surface area contributed by atoms with Gasteiger partial charge in [0.15, 0.2) is 0 Å². The number of amides is 1. The number of nitrogens with zero attached hydrogens (tertiary/aromatic N) is 2. The van der Waals surface area contributed by atoms with Crippen molar-refractivity contribution in [1.82, 2.24) is 9.80 Å². The van der Waals surface area contributed by atoms with Crippen LogP contribution in [0, 0.1) is 5.92 Å². The van der Waals surface area contributed by atoms with Crippen molar-refractivity contribution < 1.29 is 4.79 Å². The van der Waals surface area contributed by atoms with Crippen LogP contribution in [0.25, 0.3) is 0 Å². The van der Waals surface area contributed by atoms with E-state index in [1.807, 2.05) is 13.8 Å². The highest BCUT2D eigenvalue weighted by Crippen LogP contribution is 2.32. The minimum Gasteiger partial charge on any atom is -0.335 e. The van der Waals surface area contributed by atoms with Gasteiger partial charge in [-0.1, -0.05) is 13.8 Å². The molecule has 1 atom stereocenters. The van der Waals surface area contributed by atoms with E-state index >= 15 is 0 Å². The maximum absolute atomic E-state index is 12.5. The van der Waals surface area contributed by atoms with Gasteiger partial charge in [-0.05, 0) is 51.7 Å². The Morgan fingerprint density at radius 1 is 1.17 bits per heavy atom. The summed E-state index contributed by atoms with van der Waals surface area (Å²) in [5, 5.41) is 0. The molecule has 0 unspecified atom stereocenters. The summed E-state index contributed by atoms with van der Waals surface area (Å²) in [5.74, 6) is 0.409. The summed E-state index contributed by atoms with van der Waals surface area (Å²) < 4.78 is 0. The Kier molecular flexibility index (Phi) is 4.28. The predicted molar refractivity (Wildman–Crippen MR) is 73.2 cm³/mol. The van der Waals surface area contributed by atoms with E-state index in [1.165, 1.54) is 12.8 Å². The molecule has 0 spiro atoms. The molecule has 0 aromatic rings. The molecule has 1 aliphatic carbocycles. The van der Waals surface area contributed by atoms with E-state index in [9.17, 15) is 4.79 Å². The lowest BCUT2D eigenvalue weighted by Crippen LogP contribution is -2.54. The Morgan fingerprint density at radius 2 is 1.67 bits per heavy atom. The summed E-state index contributed by atoms with van der Waals surface area (Å²) in [4.78, 5) is 17.0. The number of hydrogen-bond donors (Lipinski definition) is 1. The fraction of sp³-hybridized carbons (Fsp3) is 0.929. The summed E-state index contributed by atoms with van der Waals surface area (Å²) in [6.07, 6.45) is 4.54. The van der Waals surface area contributed by atoms with E-state index in [2.05, 4.69) is 16.8 Å². The second kappa shape index (κ2) is 5.57. The third-order valence-corrected chi connectivity index (χ3v) is 4.28. The quantitative estimate of drug-likeness (QED) is 0.815. The molecule has 2 rings (SSSR count). The summed E-state index contributed by atoms with van der Waals surface area (Å²) in [7, 11) is 2.15. The molecule has 0 aromatic carbocycles. The van der Waals surface area contributed by atoms with Gasteiger partial charge in [0.2, 0.25) is 5.91 Å². The van der Waals surface area contributed by atoms with Gasteiger partial charge in [0, 0.05) is 12.1 Å². The Balaban J connectivity index is 2.01. The van der Waals surface area contributed by atoms with Gasteiger partial charge in [0.1, 0.15) is 0 Å². The van der Waals surface area contributed by atoms with E-state index in [4.69, 9.17) is 5.73 Å². The average molecular weight is 253 g/mol. The van der Waals surface area contributed by atoms with Crippen molar-refractivity contribution in [3.05, 3.63) is 0 Å². The van der Waals surface area contributed by atoms with Gasteiger partial charge < -0.3 is 15.5 Å². The Morgan fingerprint density at radius 3 is 2.11 bits per heavy atom. The first-order chi connectivity index (χ1) is 8.50. The molecule has 2 N–H and O–H groups in total. The summed E-state index contributed by atoms with van der Waals surface area (Å²) in [6, 6.07) is 0.576. The van der Waals surface area contributed by atoms with Gasteiger partial charge >= 0.3 is 0 Å². The highest BCUT2D eigenvalue weighted by molar-refractivity contribution is 5.82. The van der Waals surface area contributed by atoms with Crippen LogP contribution >= 0.6 is 0 Å². The minimum absolute atomic E-state index is 0.182. The van der Waals surface area contributed by atoms with Crippen LogP contribution in [-0.2, 0) is 4.79 Å². The molecule has 1 saturated heterocycles. The Hall–Kier alpha value is -0.610. The third-order valence-electron chi connectivity index (χ3n) is 4.28. The van der Waals surface area contributed by atoms with Gasteiger partial charge in [-0.25, -0.2) is 0 Å². The lowest BCUT2D eigenvalue weighted by molar-refractivity contribution is -0.137. The first-order valence-electron chi connectivity index (χ1n) is 7.27. The first-order valence-corrected chi connectivity index (χ1v) is 7.27. The Bertz CT molecular complexity index is 293. The molecule has 4 heteroatoms. The lowest BCUT2D eigenvalue weighted by atomic mass is 9.99. The van der Waals surface area contributed by atoms with Gasteiger partial charge in [-0.3, -0.25) is 4.79 Å². The second-order valence-electron chi connectivity index (χ2n) is 6.28. The number of likely N-dealkylation sites (tertiary alicyclic amines) is 1. The van der Waals surface area contributed by atoms with Crippen LogP contribution in [0.4, 0.5) is 0 Å². The van der Waals surface area contributed by atoms with Crippen LogP contribution in [0.15, 0.2) is 0 Å². The van der Waals surface area contributed by atoms with Crippen LogP contribution in [0.1, 0.15) is 39.5 Å². The molecular formula is C14H27N3O. The number of carbonyl (C=O) groups excluding carboxylic acids is 1. The number of piperidine rings is 1. The Labute approximate surface area is 110 Å². The minimum atomic E-state index is -0.328. The van der Waals surface area contributed by atoms with Gasteiger partial charge in [-0.15, -0.1) is 0 Å². The van der Waals surface area contributed by atoms with Gasteiger partial charge in [0.05, 0.1) is 6.04 Å². The van der Waals surface area contributed by atoms with Gasteiger partial charge in [0.25, 0.3) is 0 Å². The molecule has 18 heavy (non-hydrogen) atoms. The van der Waals surface area contributed by atoms with Crippen LogP contribution < -0.4 is 5.73 Å². The topological polar surface area (TPSA) is 49.6 Å². The molecule has 2 fully saturated rings. The fourth-order valence-corrected chi connectivity index (χ4v) is 2.74. The van der Waals surface area contributed by atoms with E-state index in [-0.39, 0.29) is 17.9 Å². The monoisotopic (exact) mass is 253 g/mol. The highest BCUT2D eigenvalue weighted by atomic mass is 16.2. The smallest absolute Gasteiger partial charge is 0.240 e. The molecule has 0 aromatic heterocycles. The van der Waals surface area contributed by atoms with E-state index in [1.54, 1.807) is 0 Å². The van der Waals surface area contributed by atoms with Crippen molar-refractivity contribution in [2.45, 2.75) is 57.7 Å². The number of carbonyl (C=O) groups is 1. The van der Waals surface area contributed by atoms with Crippen molar-refractivity contribution in [1.29, 1.82) is 0 Å². The normalized spacial score (nSPS) is 24.3. The van der Waals surface area contributed by atoms with Crippen molar-refractivity contribution in [2.75, 3.05) is 20.1 Å². The van der Waals surface area contributed by atoms with Gasteiger partial charge in [-0.2, -0.15) is 0 Å². The molecule has 1 saturated carbocycles. The van der Waals surface area contributed by atoms with E-state index in [0.717, 1.165) is 25.9 Å². The third kappa shape index (κ3) is 3.04. The molecule has 1 heterocycles. The second-order valence-corrected chi connectivity index (χ2v) is 6.28. The zero-order valence-electron chi connectivity index (χ0n) is 11.9. The van der Waals surface area contributed by atoms with Crippen molar-refractivity contribution in [2.24, 2.45) is 11.7 Å². The summed E-state index contributed by atoms with van der Waals surface area (Å²) >= 11 is 0. The molecular weight excluding hydrogens is 226 g/mol. The first kappa shape index (κ1) is 13.8. The molecule has 104 valence electrons. The predicted octanol–water partition coefficient (Wildman–Crippen LogP) is 1.05. The average Bonchev–Trinajstić information content (AvgIpc) is 3.15. The zero-order chi connectivity index (χ0) is 13.3. The van der Waals surface area contributed by atoms with Crippen LogP contribution in [0.5, 0.6) is 0 Å². The van der Waals surface area contributed by atoms with Crippen LogP contribution in [-0.4, -0.2) is 54.0 Å². The van der Waals surface area contributed by atoms with Crippen molar-refractivity contribution in [3.8, 4) is 0 Å². The van der Waals surface area contributed by atoms with E-state index in [0.29, 0.717) is 12.1 Å². The number of nitrogens with two attached hydrogens (primary N) is 1. The lowest BCUT2D eigenvalue weighted by Gasteiger charge is -2.39. The highest BCUT2D eigenvalue weighted by Gasteiger charge is 2.40. The zero-order valence-corrected chi connectivity index (χ0v) is 11.9. The standard InChI is InChI=1S/C14H27N3O/c1-10(2)13(15)14(18)17(11-4-5-11)12-6-8-16(3)9-7-12/h10-13H,4-9,15H2,1-3H3/t13-/m0/s1.